The maximum Gasteiger partial charge on any atom is 0.163 e. The first-order chi connectivity index (χ1) is 10.7. The van der Waals surface area contributed by atoms with Crippen LogP contribution in [-0.2, 0) is 7.05 Å². The van der Waals surface area contributed by atoms with Gasteiger partial charge in [-0.3, -0.25) is 4.68 Å². The van der Waals surface area contributed by atoms with Gasteiger partial charge in [0.1, 0.15) is 11.6 Å². The number of aromatic nitrogens is 4. The lowest BCUT2D eigenvalue weighted by Gasteiger charge is -2.31. The third-order valence-corrected chi connectivity index (χ3v) is 5.01. The minimum atomic E-state index is -0.259. The van der Waals surface area contributed by atoms with Crippen LogP contribution in [0.25, 0.3) is 11.0 Å². The second-order valence-corrected chi connectivity index (χ2v) is 6.63. The fourth-order valence-electron chi connectivity index (χ4n) is 3.78. The van der Waals surface area contributed by atoms with E-state index in [1.54, 1.807) is 0 Å². The van der Waals surface area contributed by atoms with Gasteiger partial charge in [-0.15, -0.1) is 0 Å². The molecule has 1 atom stereocenters. The highest BCUT2D eigenvalue weighted by molar-refractivity contribution is 5.87. The molecule has 0 spiro atoms. The Morgan fingerprint density at radius 1 is 1.14 bits per heavy atom. The highest BCUT2D eigenvalue weighted by atomic mass is 16.3. The van der Waals surface area contributed by atoms with Crippen LogP contribution in [-0.4, -0.2) is 44.0 Å². The van der Waals surface area contributed by atoms with Crippen molar-refractivity contribution >= 4 is 16.9 Å². The van der Waals surface area contributed by atoms with Crippen molar-refractivity contribution < 1.29 is 5.11 Å². The monoisotopic (exact) mass is 301 g/mol. The molecule has 6 nitrogen and oxygen atoms in total. The second kappa shape index (κ2) is 5.50. The minimum Gasteiger partial charge on any atom is -0.391 e. The summed E-state index contributed by atoms with van der Waals surface area (Å²) in [7, 11) is 1.93. The largest absolute Gasteiger partial charge is 0.391 e. The molecular formula is C16H23N5O. The number of hydrogen-bond donors (Lipinski definition) is 1. The minimum absolute atomic E-state index is 0.259. The van der Waals surface area contributed by atoms with E-state index in [-0.39, 0.29) is 6.10 Å². The number of fused-ring (bicyclic) bond motifs is 1. The van der Waals surface area contributed by atoms with Gasteiger partial charge in [0.2, 0.25) is 0 Å². The van der Waals surface area contributed by atoms with Crippen molar-refractivity contribution in [1.29, 1.82) is 0 Å². The van der Waals surface area contributed by atoms with Crippen LogP contribution in [0.4, 0.5) is 5.82 Å². The van der Waals surface area contributed by atoms with Gasteiger partial charge in [-0.1, -0.05) is 12.8 Å². The Bertz CT molecular complexity index is 676. The van der Waals surface area contributed by atoms with Gasteiger partial charge in [0.05, 0.1) is 17.7 Å². The lowest BCUT2D eigenvalue weighted by molar-refractivity contribution is 0.154. The Labute approximate surface area is 130 Å². The summed E-state index contributed by atoms with van der Waals surface area (Å²) in [5.74, 6) is 2.40. The Balaban J connectivity index is 1.80. The maximum absolute atomic E-state index is 9.99. The summed E-state index contributed by atoms with van der Waals surface area (Å²) < 4.78 is 1.83. The third kappa shape index (κ3) is 2.35. The highest BCUT2D eigenvalue weighted by Gasteiger charge is 2.26. The first kappa shape index (κ1) is 13.9. The van der Waals surface area contributed by atoms with Crippen molar-refractivity contribution in [2.24, 2.45) is 7.05 Å². The van der Waals surface area contributed by atoms with Crippen molar-refractivity contribution in [1.82, 2.24) is 19.7 Å². The normalized spacial score (nSPS) is 23.5. The topological polar surface area (TPSA) is 67.1 Å². The zero-order valence-electron chi connectivity index (χ0n) is 13.1. The summed E-state index contributed by atoms with van der Waals surface area (Å²) in [6.07, 6.45) is 8.40. The molecule has 22 heavy (non-hydrogen) atoms. The van der Waals surface area contributed by atoms with E-state index in [2.05, 4.69) is 10.00 Å². The molecule has 2 aromatic rings. The van der Waals surface area contributed by atoms with Gasteiger partial charge in [0, 0.05) is 26.1 Å². The summed E-state index contributed by atoms with van der Waals surface area (Å²) in [5, 5.41) is 15.4. The van der Waals surface area contributed by atoms with Crippen LogP contribution in [0.2, 0.25) is 0 Å². The number of aliphatic hydroxyl groups excluding tert-OH is 1. The molecule has 1 N–H and O–H groups in total. The molecule has 1 saturated carbocycles. The lowest BCUT2D eigenvalue weighted by Crippen LogP contribution is -2.39. The van der Waals surface area contributed by atoms with E-state index in [1.165, 1.54) is 25.7 Å². The first-order valence-corrected chi connectivity index (χ1v) is 8.35. The fourth-order valence-corrected chi connectivity index (χ4v) is 3.78. The SMILES string of the molecule is Cn1ncc2c(N3CCC[C@H](O)C3)nc(C3CCCC3)nc21. The number of β-amino-alcohol motifs (C(OH)–C–C–N with tert-alkyl or cyclic N) is 1. The zero-order chi connectivity index (χ0) is 15.1. The number of piperidine rings is 1. The van der Waals surface area contributed by atoms with Crippen molar-refractivity contribution in [2.45, 2.75) is 50.5 Å². The van der Waals surface area contributed by atoms with Crippen LogP contribution in [0.3, 0.4) is 0 Å². The predicted molar refractivity (Wildman–Crippen MR) is 85.0 cm³/mol. The van der Waals surface area contributed by atoms with E-state index >= 15 is 0 Å². The molecule has 0 unspecified atom stereocenters. The van der Waals surface area contributed by atoms with Gasteiger partial charge in [0.15, 0.2) is 5.65 Å². The van der Waals surface area contributed by atoms with E-state index in [9.17, 15) is 5.11 Å². The Morgan fingerprint density at radius 2 is 1.95 bits per heavy atom. The molecule has 0 aromatic carbocycles. The van der Waals surface area contributed by atoms with E-state index in [4.69, 9.17) is 9.97 Å². The first-order valence-electron chi connectivity index (χ1n) is 8.35. The molecule has 0 bridgehead atoms. The van der Waals surface area contributed by atoms with Gasteiger partial charge in [-0.25, -0.2) is 9.97 Å². The Morgan fingerprint density at radius 3 is 2.73 bits per heavy atom. The van der Waals surface area contributed by atoms with Crippen LogP contribution in [0.15, 0.2) is 6.20 Å². The van der Waals surface area contributed by atoms with E-state index < -0.39 is 0 Å². The van der Waals surface area contributed by atoms with Gasteiger partial charge < -0.3 is 10.0 Å². The molecule has 6 heteroatoms. The number of nitrogens with zero attached hydrogens (tertiary/aromatic N) is 5. The number of rotatable bonds is 2. The summed E-state index contributed by atoms with van der Waals surface area (Å²) >= 11 is 0. The summed E-state index contributed by atoms with van der Waals surface area (Å²) in [6, 6.07) is 0. The van der Waals surface area contributed by atoms with Crippen LogP contribution in [0, 0.1) is 0 Å². The second-order valence-electron chi connectivity index (χ2n) is 6.63. The van der Waals surface area contributed by atoms with Crippen LogP contribution in [0.5, 0.6) is 0 Å². The number of anilines is 1. The summed E-state index contributed by atoms with van der Waals surface area (Å²) in [6.45, 7) is 1.60. The molecule has 3 heterocycles. The Hall–Kier alpha value is -1.69. The molecule has 4 rings (SSSR count). The smallest absolute Gasteiger partial charge is 0.163 e. The quantitative estimate of drug-likeness (QED) is 0.918. The molecule has 1 aliphatic carbocycles. The van der Waals surface area contributed by atoms with E-state index in [0.717, 1.165) is 42.1 Å². The molecular weight excluding hydrogens is 278 g/mol. The number of aryl methyl sites for hydroxylation is 1. The van der Waals surface area contributed by atoms with Crippen molar-refractivity contribution in [3.8, 4) is 0 Å². The molecule has 1 saturated heterocycles. The number of aliphatic hydroxyl groups is 1. The standard InChI is InChI=1S/C16H23N5O/c1-20-15-13(9-17-20)16(21-8-4-7-12(22)10-21)19-14(18-15)11-5-2-3-6-11/h9,11-12,22H,2-8,10H2,1H3/t12-/m0/s1. The van der Waals surface area contributed by atoms with Crippen LogP contribution >= 0.6 is 0 Å². The molecule has 0 radical (unpaired) electrons. The fraction of sp³-hybridized carbons (Fsp3) is 0.688. The molecule has 2 aliphatic rings. The molecule has 1 aliphatic heterocycles. The lowest BCUT2D eigenvalue weighted by atomic mass is 10.1. The van der Waals surface area contributed by atoms with Crippen molar-refractivity contribution in [3.05, 3.63) is 12.0 Å². The van der Waals surface area contributed by atoms with Gasteiger partial charge in [0.25, 0.3) is 0 Å². The average Bonchev–Trinajstić information content (AvgIpc) is 3.17. The third-order valence-electron chi connectivity index (χ3n) is 5.01. The molecule has 0 amide bonds. The van der Waals surface area contributed by atoms with Crippen molar-refractivity contribution in [3.63, 3.8) is 0 Å². The number of hydrogen-bond acceptors (Lipinski definition) is 5. The Kier molecular flexibility index (Phi) is 3.48. The van der Waals surface area contributed by atoms with Crippen molar-refractivity contribution in [2.75, 3.05) is 18.0 Å². The molecule has 118 valence electrons. The van der Waals surface area contributed by atoms with Gasteiger partial charge >= 0.3 is 0 Å². The van der Waals surface area contributed by atoms with E-state index in [1.807, 2.05) is 17.9 Å². The average molecular weight is 301 g/mol. The van der Waals surface area contributed by atoms with Gasteiger partial charge in [-0.2, -0.15) is 5.10 Å². The highest BCUT2D eigenvalue weighted by Crippen LogP contribution is 2.35. The summed E-state index contributed by atoms with van der Waals surface area (Å²) in [5.41, 5.74) is 0.909. The van der Waals surface area contributed by atoms with Crippen LogP contribution < -0.4 is 4.90 Å². The predicted octanol–water partition coefficient (Wildman–Crippen LogP) is 1.98. The van der Waals surface area contributed by atoms with E-state index in [0.29, 0.717) is 12.5 Å². The zero-order valence-corrected chi connectivity index (χ0v) is 13.1. The van der Waals surface area contributed by atoms with Gasteiger partial charge in [-0.05, 0) is 25.7 Å². The maximum atomic E-state index is 9.99. The van der Waals surface area contributed by atoms with Crippen LogP contribution in [0.1, 0.15) is 50.3 Å². The molecule has 2 aromatic heterocycles. The summed E-state index contributed by atoms with van der Waals surface area (Å²) in [4.78, 5) is 11.9. The molecule has 2 fully saturated rings.